The van der Waals surface area contributed by atoms with Crippen LogP contribution in [0.4, 0.5) is 0 Å². The number of hydrogen-bond donors (Lipinski definition) is 0. The molecule has 0 aliphatic rings. The largest absolute Gasteiger partial charge is 0.293 e. The Bertz CT molecular complexity index is 260. The maximum absolute atomic E-state index is 3.60. The fraction of sp³-hybridized carbons (Fsp3) is 0.333. The minimum Gasteiger partial charge on any atom is -0.293 e. The molecule has 1 unspecified atom stereocenters. The van der Waals surface area contributed by atoms with Gasteiger partial charge in [0.15, 0.2) is 0 Å². The van der Waals surface area contributed by atoms with Crippen LogP contribution in [0.3, 0.4) is 0 Å². The van der Waals surface area contributed by atoms with Gasteiger partial charge in [0.05, 0.1) is 4.95 Å². The standard InChI is InChI=1S/C9H11Br2N/c1-12(2)9(11)7-5-3-4-6-8(7)10/h3-6,9H,1-2H3. The van der Waals surface area contributed by atoms with E-state index in [0.29, 0.717) is 0 Å². The van der Waals surface area contributed by atoms with Crippen molar-refractivity contribution in [2.75, 3.05) is 14.1 Å². The van der Waals surface area contributed by atoms with Crippen molar-refractivity contribution in [3.05, 3.63) is 34.3 Å². The summed E-state index contributed by atoms with van der Waals surface area (Å²) in [7, 11) is 4.08. The lowest BCUT2D eigenvalue weighted by atomic mass is 10.2. The fourth-order valence-corrected chi connectivity index (χ4v) is 2.15. The summed E-state index contributed by atoms with van der Waals surface area (Å²) in [4.78, 5) is 2.38. The fourth-order valence-electron chi connectivity index (χ4n) is 0.946. The lowest BCUT2D eigenvalue weighted by Crippen LogP contribution is -2.14. The van der Waals surface area contributed by atoms with Gasteiger partial charge in [0.25, 0.3) is 0 Å². The highest BCUT2D eigenvalue weighted by atomic mass is 79.9. The first-order valence-electron chi connectivity index (χ1n) is 3.68. The average molecular weight is 293 g/mol. The maximum atomic E-state index is 3.60. The van der Waals surface area contributed by atoms with Crippen LogP contribution in [0.1, 0.15) is 10.5 Å². The van der Waals surface area contributed by atoms with Crippen LogP contribution in [0.2, 0.25) is 0 Å². The first-order valence-corrected chi connectivity index (χ1v) is 5.38. The number of nitrogens with zero attached hydrogens (tertiary/aromatic N) is 1. The van der Waals surface area contributed by atoms with Crippen LogP contribution in [-0.4, -0.2) is 19.0 Å². The summed E-state index contributed by atoms with van der Waals surface area (Å²) in [6, 6.07) is 8.21. The zero-order chi connectivity index (χ0) is 9.14. The molecular formula is C9H11Br2N. The molecule has 0 radical (unpaired) electrons. The van der Waals surface area contributed by atoms with Gasteiger partial charge in [-0.3, -0.25) is 4.90 Å². The van der Waals surface area contributed by atoms with Crippen molar-refractivity contribution < 1.29 is 0 Å². The molecule has 0 amide bonds. The molecule has 0 heterocycles. The van der Waals surface area contributed by atoms with Gasteiger partial charge in [-0.1, -0.05) is 50.1 Å². The highest BCUT2D eigenvalue weighted by molar-refractivity contribution is 9.11. The minimum atomic E-state index is 0.271. The van der Waals surface area contributed by atoms with Crippen LogP contribution in [0, 0.1) is 0 Å². The van der Waals surface area contributed by atoms with Crippen molar-refractivity contribution in [1.29, 1.82) is 0 Å². The van der Waals surface area contributed by atoms with E-state index in [1.54, 1.807) is 0 Å². The van der Waals surface area contributed by atoms with Crippen molar-refractivity contribution in [3.63, 3.8) is 0 Å². The van der Waals surface area contributed by atoms with Crippen LogP contribution in [0.15, 0.2) is 28.7 Å². The van der Waals surface area contributed by atoms with Gasteiger partial charge in [-0.05, 0) is 25.7 Å². The lowest BCUT2D eigenvalue weighted by molar-refractivity contribution is 0.397. The second kappa shape index (κ2) is 4.40. The van der Waals surface area contributed by atoms with E-state index in [2.05, 4.69) is 42.8 Å². The normalized spacial score (nSPS) is 13.4. The molecule has 12 heavy (non-hydrogen) atoms. The van der Waals surface area contributed by atoms with E-state index in [1.165, 1.54) is 5.56 Å². The van der Waals surface area contributed by atoms with E-state index in [4.69, 9.17) is 0 Å². The van der Waals surface area contributed by atoms with Crippen LogP contribution < -0.4 is 0 Å². The second-order valence-electron chi connectivity index (χ2n) is 2.82. The molecule has 0 aliphatic carbocycles. The van der Waals surface area contributed by atoms with Crippen molar-refractivity contribution >= 4 is 31.9 Å². The molecule has 0 saturated heterocycles. The molecule has 0 fully saturated rings. The quantitative estimate of drug-likeness (QED) is 0.596. The van der Waals surface area contributed by atoms with Crippen LogP contribution in [0.25, 0.3) is 0 Å². The SMILES string of the molecule is CN(C)C(Br)c1ccccc1Br. The van der Waals surface area contributed by atoms with Crippen molar-refractivity contribution in [3.8, 4) is 0 Å². The molecule has 1 rings (SSSR count). The second-order valence-corrected chi connectivity index (χ2v) is 4.54. The first-order chi connectivity index (χ1) is 5.63. The predicted molar refractivity (Wildman–Crippen MR) is 59.5 cm³/mol. The molecule has 66 valence electrons. The molecule has 0 aliphatic heterocycles. The lowest BCUT2D eigenvalue weighted by Gasteiger charge is -2.19. The van der Waals surface area contributed by atoms with Gasteiger partial charge >= 0.3 is 0 Å². The Morgan fingerprint density at radius 3 is 2.33 bits per heavy atom. The number of alkyl halides is 1. The highest BCUT2D eigenvalue weighted by Crippen LogP contribution is 2.30. The summed E-state index contributed by atoms with van der Waals surface area (Å²) < 4.78 is 1.14. The molecule has 0 saturated carbocycles. The summed E-state index contributed by atoms with van der Waals surface area (Å²) >= 11 is 7.11. The summed E-state index contributed by atoms with van der Waals surface area (Å²) in [6.45, 7) is 0. The van der Waals surface area contributed by atoms with E-state index in [-0.39, 0.29) is 4.95 Å². The third-order valence-corrected chi connectivity index (χ3v) is 3.65. The molecule has 1 aromatic rings. The summed E-state index contributed by atoms with van der Waals surface area (Å²) in [6.07, 6.45) is 0. The monoisotopic (exact) mass is 291 g/mol. The molecule has 1 aromatic carbocycles. The minimum absolute atomic E-state index is 0.271. The summed E-state index contributed by atoms with van der Waals surface area (Å²) in [5.74, 6) is 0. The molecule has 1 atom stereocenters. The van der Waals surface area contributed by atoms with E-state index < -0.39 is 0 Å². The maximum Gasteiger partial charge on any atom is 0.0917 e. The third kappa shape index (κ3) is 2.31. The van der Waals surface area contributed by atoms with Gasteiger partial charge in [-0.25, -0.2) is 0 Å². The average Bonchev–Trinajstić information content (AvgIpc) is 2.04. The number of benzene rings is 1. The number of hydrogen-bond acceptors (Lipinski definition) is 1. The molecule has 0 aromatic heterocycles. The van der Waals surface area contributed by atoms with Gasteiger partial charge in [-0.15, -0.1) is 0 Å². The Balaban J connectivity index is 2.94. The van der Waals surface area contributed by atoms with Crippen molar-refractivity contribution in [2.24, 2.45) is 0 Å². The number of halogens is 2. The molecule has 0 N–H and O–H groups in total. The third-order valence-electron chi connectivity index (χ3n) is 1.62. The van der Waals surface area contributed by atoms with Gasteiger partial charge in [0.2, 0.25) is 0 Å². The smallest absolute Gasteiger partial charge is 0.0917 e. The zero-order valence-corrected chi connectivity index (χ0v) is 10.3. The first kappa shape index (κ1) is 10.2. The van der Waals surface area contributed by atoms with Crippen LogP contribution >= 0.6 is 31.9 Å². The summed E-state index contributed by atoms with van der Waals surface area (Å²) in [5.41, 5.74) is 1.25. The van der Waals surface area contributed by atoms with E-state index in [1.807, 2.05) is 32.3 Å². The Kier molecular flexibility index (Phi) is 3.75. The van der Waals surface area contributed by atoms with Crippen LogP contribution in [-0.2, 0) is 0 Å². The van der Waals surface area contributed by atoms with Gasteiger partial charge < -0.3 is 0 Å². The predicted octanol–water partition coefficient (Wildman–Crippen LogP) is 3.40. The Labute approximate surface area is 90.0 Å². The molecule has 3 heteroatoms. The van der Waals surface area contributed by atoms with E-state index in [9.17, 15) is 0 Å². The van der Waals surface area contributed by atoms with Gasteiger partial charge in [0.1, 0.15) is 0 Å². The molecule has 1 nitrogen and oxygen atoms in total. The van der Waals surface area contributed by atoms with Crippen molar-refractivity contribution in [1.82, 2.24) is 4.90 Å². The Morgan fingerprint density at radius 2 is 1.83 bits per heavy atom. The molecule has 0 bridgehead atoms. The van der Waals surface area contributed by atoms with E-state index >= 15 is 0 Å². The molecule has 0 spiro atoms. The summed E-state index contributed by atoms with van der Waals surface area (Å²) in [5, 5.41) is 0. The Hall–Kier alpha value is 0.140. The zero-order valence-electron chi connectivity index (χ0n) is 7.09. The van der Waals surface area contributed by atoms with Gasteiger partial charge in [-0.2, -0.15) is 0 Å². The van der Waals surface area contributed by atoms with Crippen molar-refractivity contribution in [2.45, 2.75) is 4.95 Å². The number of rotatable bonds is 2. The van der Waals surface area contributed by atoms with Gasteiger partial charge in [0, 0.05) is 4.47 Å². The topological polar surface area (TPSA) is 3.24 Å². The molecular weight excluding hydrogens is 282 g/mol. The Morgan fingerprint density at radius 1 is 1.25 bits per heavy atom. The highest BCUT2D eigenvalue weighted by Gasteiger charge is 2.11. The van der Waals surface area contributed by atoms with Crippen LogP contribution in [0.5, 0.6) is 0 Å². The van der Waals surface area contributed by atoms with E-state index in [0.717, 1.165) is 4.47 Å².